The third-order valence-corrected chi connectivity index (χ3v) is 1.88. The predicted octanol–water partition coefficient (Wildman–Crippen LogP) is 2.22. The molecular formula is C10H11F3N2O. The minimum Gasteiger partial charge on any atom is -0.484 e. The van der Waals surface area contributed by atoms with Crippen molar-refractivity contribution in [3.05, 3.63) is 29.3 Å². The van der Waals surface area contributed by atoms with E-state index in [1.54, 1.807) is 6.92 Å². The molecule has 0 aliphatic carbocycles. The highest BCUT2D eigenvalue weighted by Gasteiger charge is 2.28. The number of alkyl halides is 3. The summed E-state index contributed by atoms with van der Waals surface area (Å²) in [5.41, 5.74) is 6.20. The molecule has 0 saturated heterocycles. The van der Waals surface area contributed by atoms with Gasteiger partial charge >= 0.3 is 6.18 Å². The number of nitrogens with one attached hydrogen (secondary N) is 1. The number of halogens is 3. The zero-order chi connectivity index (χ0) is 12.3. The van der Waals surface area contributed by atoms with Crippen molar-refractivity contribution >= 4 is 5.84 Å². The number of amidine groups is 1. The van der Waals surface area contributed by atoms with Crippen LogP contribution in [0.1, 0.15) is 11.1 Å². The number of hydrogen-bond acceptors (Lipinski definition) is 2. The van der Waals surface area contributed by atoms with Crippen molar-refractivity contribution in [3.8, 4) is 5.75 Å². The zero-order valence-corrected chi connectivity index (χ0v) is 8.56. The molecular weight excluding hydrogens is 221 g/mol. The first kappa shape index (κ1) is 12.4. The largest absolute Gasteiger partial charge is 0.484 e. The fourth-order valence-corrected chi connectivity index (χ4v) is 1.14. The van der Waals surface area contributed by atoms with Gasteiger partial charge < -0.3 is 10.5 Å². The van der Waals surface area contributed by atoms with Crippen LogP contribution in [-0.2, 0) is 0 Å². The minimum atomic E-state index is -4.36. The highest BCUT2D eigenvalue weighted by molar-refractivity contribution is 5.95. The Balaban J connectivity index is 2.80. The number of nitrogen functional groups attached to an aromatic ring is 1. The number of hydrogen-bond donors (Lipinski definition) is 2. The van der Waals surface area contributed by atoms with Crippen LogP contribution in [0.2, 0.25) is 0 Å². The molecule has 3 nitrogen and oxygen atoms in total. The normalized spacial score (nSPS) is 11.2. The van der Waals surface area contributed by atoms with E-state index in [1.807, 2.05) is 0 Å². The zero-order valence-electron chi connectivity index (χ0n) is 8.56. The van der Waals surface area contributed by atoms with Gasteiger partial charge in [-0.25, -0.2) is 0 Å². The summed E-state index contributed by atoms with van der Waals surface area (Å²) in [6.45, 7) is 0.269. The highest BCUT2D eigenvalue weighted by atomic mass is 19.4. The van der Waals surface area contributed by atoms with Crippen molar-refractivity contribution in [1.82, 2.24) is 0 Å². The maximum absolute atomic E-state index is 11.9. The predicted molar refractivity (Wildman–Crippen MR) is 53.7 cm³/mol. The molecule has 88 valence electrons. The standard InChI is InChI=1S/C10H11F3N2O/c1-6-4-7(9(14)15)2-3-8(6)16-5-10(11,12)13/h2-4H,5H2,1H3,(H3,14,15). The Morgan fingerprint density at radius 3 is 2.50 bits per heavy atom. The Bertz CT molecular complexity index is 402. The molecule has 0 aliphatic rings. The van der Waals surface area contributed by atoms with Crippen LogP contribution in [0.5, 0.6) is 5.75 Å². The van der Waals surface area contributed by atoms with Crippen LogP contribution in [0.15, 0.2) is 18.2 Å². The van der Waals surface area contributed by atoms with E-state index in [0.717, 1.165) is 0 Å². The summed E-state index contributed by atoms with van der Waals surface area (Å²) in [5, 5.41) is 7.16. The lowest BCUT2D eigenvalue weighted by Gasteiger charge is -2.12. The lowest BCUT2D eigenvalue weighted by molar-refractivity contribution is -0.153. The Morgan fingerprint density at radius 1 is 1.44 bits per heavy atom. The Hall–Kier alpha value is -1.72. The van der Waals surface area contributed by atoms with Crippen LogP contribution < -0.4 is 10.5 Å². The molecule has 0 heterocycles. The summed E-state index contributed by atoms with van der Waals surface area (Å²) in [6, 6.07) is 4.33. The molecule has 0 spiro atoms. The first-order chi connectivity index (χ1) is 7.29. The molecule has 0 fully saturated rings. The lowest BCUT2D eigenvalue weighted by atomic mass is 10.1. The van der Waals surface area contributed by atoms with Crippen LogP contribution in [0.25, 0.3) is 0 Å². The molecule has 0 aromatic heterocycles. The molecule has 0 bridgehead atoms. The molecule has 1 aromatic rings. The molecule has 1 aromatic carbocycles. The van der Waals surface area contributed by atoms with E-state index in [0.29, 0.717) is 11.1 Å². The van der Waals surface area contributed by atoms with Crippen molar-refractivity contribution in [1.29, 1.82) is 5.41 Å². The molecule has 0 aliphatic heterocycles. The topological polar surface area (TPSA) is 59.1 Å². The summed E-state index contributed by atoms with van der Waals surface area (Å²) in [7, 11) is 0. The molecule has 1 rings (SSSR count). The van der Waals surface area contributed by atoms with Crippen LogP contribution in [0, 0.1) is 12.3 Å². The SMILES string of the molecule is Cc1cc(C(=N)N)ccc1OCC(F)(F)F. The highest BCUT2D eigenvalue weighted by Crippen LogP contribution is 2.22. The minimum absolute atomic E-state index is 0.134. The van der Waals surface area contributed by atoms with E-state index in [4.69, 9.17) is 11.1 Å². The van der Waals surface area contributed by atoms with Crippen LogP contribution in [-0.4, -0.2) is 18.6 Å². The lowest BCUT2D eigenvalue weighted by Crippen LogP contribution is -2.19. The van der Waals surface area contributed by atoms with Crippen LogP contribution in [0.3, 0.4) is 0 Å². The second-order valence-corrected chi connectivity index (χ2v) is 3.30. The van der Waals surface area contributed by atoms with E-state index in [1.165, 1.54) is 18.2 Å². The second-order valence-electron chi connectivity index (χ2n) is 3.30. The number of aryl methyl sites for hydroxylation is 1. The van der Waals surface area contributed by atoms with Gasteiger partial charge in [0, 0.05) is 5.56 Å². The molecule has 0 radical (unpaired) electrons. The molecule has 16 heavy (non-hydrogen) atoms. The Labute approximate surface area is 90.5 Å². The number of ether oxygens (including phenoxy) is 1. The first-order valence-corrected chi connectivity index (χ1v) is 4.44. The molecule has 0 unspecified atom stereocenters. The molecule has 0 saturated carbocycles. The summed E-state index contributed by atoms with van der Waals surface area (Å²) in [4.78, 5) is 0. The van der Waals surface area contributed by atoms with Crippen molar-refractivity contribution < 1.29 is 17.9 Å². The van der Waals surface area contributed by atoms with Crippen LogP contribution in [0.4, 0.5) is 13.2 Å². The number of rotatable bonds is 3. The van der Waals surface area contributed by atoms with Crippen molar-refractivity contribution in [2.24, 2.45) is 5.73 Å². The first-order valence-electron chi connectivity index (χ1n) is 4.44. The molecule has 0 amide bonds. The number of nitrogens with two attached hydrogens (primary N) is 1. The van der Waals surface area contributed by atoms with Gasteiger partial charge in [0.25, 0.3) is 0 Å². The summed E-state index contributed by atoms with van der Waals surface area (Å²) >= 11 is 0. The summed E-state index contributed by atoms with van der Waals surface area (Å²) in [6.07, 6.45) is -4.36. The van der Waals surface area contributed by atoms with E-state index in [9.17, 15) is 13.2 Å². The summed E-state index contributed by atoms with van der Waals surface area (Å²) in [5.74, 6) is 0.00722. The quantitative estimate of drug-likeness (QED) is 0.620. The van der Waals surface area contributed by atoms with Gasteiger partial charge in [0.05, 0.1) is 0 Å². The van der Waals surface area contributed by atoms with Gasteiger partial charge in [-0.15, -0.1) is 0 Å². The van der Waals surface area contributed by atoms with Gasteiger partial charge in [-0.3, -0.25) is 5.41 Å². The van der Waals surface area contributed by atoms with Gasteiger partial charge in [0.1, 0.15) is 11.6 Å². The average molecular weight is 232 g/mol. The maximum Gasteiger partial charge on any atom is 0.422 e. The van der Waals surface area contributed by atoms with Gasteiger partial charge in [0.2, 0.25) is 0 Å². The fraction of sp³-hybridized carbons (Fsp3) is 0.300. The second kappa shape index (κ2) is 4.42. The van der Waals surface area contributed by atoms with E-state index < -0.39 is 12.8 Å². The fourth-order valence-electron chi connectivity index (χ4n) is 1.14. The smallest absolute Gasteiger partial charge is 0.422 e. The van der Waals surface area contributed by atoms with Crippen LogP contribution >= 0.6 is 0 Å². The van der Waals surface area contributed by atoms with E-state index >= 15 is 0 Å². The average Bonchev–Trinajstić information content (AvgIpc) is 2.14. The van der Waals surface area contributed by atoms with Crippen molar-refractivity contribution in [3.63, 3.8) is 0 Å². The van der Waals surface area contributed by atoms with Gasteiger partial charge in [-0.1, -0.05) is 0 Å². The van der Waals surface area contributed by atoms with E-state index in [2.05, 4.69) is 4.74 Å². The summed E-state index contributed by atoms with van der Waals surface area (Å²) < 4.78 is 40.3. The third kappa shape index (κ3) is 3.45. The number of benzene rings is 1. The monoisotopic (exact) mass is 232 g/mol. The molecule has 0 atom stereocenters. The van der Waals surface area contributed by atoms with Gasteiger partial charge in [0.15, 0.2) is 6.61 Å². The van der Waals surface area contributed by atoms with Crippen molar-refractivity contribution in [2.75, 3.05) is 6.61 Å². The third-order valence-electron chi connectivity index (χ3n) is 1.88. The Kier molecular flexibility index (Phi) is 3.41. The molecule has 3 N–H and O–H groups in total. The van der Waals surface area contributed by atoms with Gasteiger partial charge in [-0.05, 0) is 30.7 Å². The maximum atomic E-state index is 11.9. The Morgan fingerprint density at radius 2 is 2.06 bits per heavy atom. The van der Waals surface area contributed by atoms with E-state index in [-0.39, 0.29) is 11.6 Å². The van der Waals surface area contributed by atoms with Gasteiger partial charge in [-0.2, -0.15) is 13.2 Å². The van der Waals surface area contributed by atoms with Crippen molar-refractivity contribution in [2.45, 2.75) is 13.1 Å². The molecule has 6 heteroatoms.